The fraction of sp³-hybridized carbons (Fsp3) is 0.900. The van der Waals surface area contributed by atoms with Gasteiger partial charge in [-0.2, -0.15) is 0 Å². The van der Waals surface area contributed by atoms with Gasteiger partial charge in [0, 0.05) is 51.7 Å². The van der Waals surface area contributed by atoms with Crippen LogP contribution in [-0.2, 0) is 4.79 Å². The van der Waals surface area contributed by atoms with E-state index in [-0.39, 0.29) is 29.9 Å². The lowest BCUT2D eigenvalue weighted by Gasteiger charge is -2.33. The van der Waals surface area contributed by atoms with Gasteiger partial charge in [0.05, 0.1) is 0 Å². The molecule has 27 heavy (non-hydrogen) atoms. The zero-order valence-electron chi connectivity index (χ0n) is 17.7. The van der Waals surface area contributed by atoms with Crippen molar-refractivity contribution >= 4 is 35.8 Å². The molecule has 2 atom stereocenters. The molecule has 2 rings (SSSR count). The first-order valence-corrected chi connectivity index (χ1v) is 10.6. The Morgan fingerprint density at radius 1 is 1.19 bits per heavy atom. The molecule has 2 N–H and O–H groups in total. The lowest BCUT2D eigenvalue weighted by atomic mass is 9.97. The second-order valence-corrected chi connectivity index (χ2v) is 8.20. The fourth-order valence-corrected chi connectivity index (χ4v) is 4.04. The van der Waals surface area contributed by atoms with Crippen LogP contribution >= 0.6 is 24.0 Å². The number of rotatable bonds is 7. The Bertz CT molecular complexity index is 471. The van der Waals surface area contributed by atoms with Gasteiger partial charge in [-0.1, -0.05) is 20.8 Å². The maximum absolute atomic E-state index is 11.9. The second kappa shape index (κ2) is 12.8. The molecular weight excluding hydrogens is 453 g/mol. The average Bonchev–Trinajstić information content (AvgIpc) is 3.07. The highest BCUT2D eigenvalue weighted by Crippen LogP contribution is 2.18. The van der Waals surface area contributed by atoms with Crippen LogP contribution in [0.1, 0.15) is 53.4 Å². The van der Waals surface area contributed by atoms with Crippen molar-refractivity contribution in [3.05, 3.63) is 0 Å². The first-order valence-electron chi connectivity index (χ1n) is 10.6. The van der Waals surface area contributed by atoms with Gasteiger partial charge < -0.3 is 20.4 Å². The summed E-state index contributed by atoms with van der Waals surface area (Å²) < 4.78 is 0. The van der Waals surface area contributed by atoms with Crippen LogP contribution in [0.15, 0.2) is 4.99 Å². The van der Waals surface area contributed by atoms with Crippen LogP contribution in [0, 0.1) is 11.8 Å². The third-order valence-electron chi connectivity index (χ3n) is 5.26. The lowest BCUT2D eigenvalue weighted by molar-refractivity contribution is -0.129. The van der Waals surface area contributed by atoms with E-state index in [1.165, 1.54) is 32.5 Å². The Balaban J connectivity index is 0.00000364. The van der Waals surface area contributed by atoms with Gasteiger partial charge in [0.15, 0.2) is 5.96 Å². The monoisotopic (exact) mass is 493 g/mol. The molecule has 6 nitrogen and oxygen atoms in total. The van der Waals surface area contributed by atoms with Crippen LogP contribution < -0.4 is 10.6 Å². The van der Waals surface area contributed by atoms with Crippen molar-refractivity contribution in [2.75, 3.05) is 45.8 Å². The first-order chi connectivity index (χ1) is 12.5. The van der Waals surface area contributed by atoms with Crippen molar-refractivity contribution in [1.82, 2.24) is 20.4 Å². The maximum Gasteiger partial charge on any atom is 0.222 e. The number of piperidine rings is 1. The highest BCUT2D eigenvalue weighted by Gasteiger charge is 2.26. The van der Waals surface area contributed by atoms with E-state index in [0.29, 0.717) is 18.4 Å². The van der Waals surface area contributed by atoms with E-state index in [9.17, 15) is 4.79 Å². The summed E-state index contributed by atoms with van der Waals surface area (Å²) in [6.07, 6.45) is 4.16. The minimum Gasteiger partial charge on any atom is -0.357 e. The van der Waals surface area contributed by atoms with Crippen LogP contribution in [0.25, 0.3) is 0 Å². The van der Waals surface area contributed by atoms with Gasteiger partial charge >= 0.3 is 0 Å². The van der Waals surface area contributed by atoms with E-state index >= 15 is 0 Å². The largest absolute Gasteiger partial charge is 0.357 e. The fourth-order valence-electron chi connectivity index (χ4n) is 4.04. The third-order valence-corrected chi connectivity index (χ3v) is 5.26. The second-order valence-electron chi connectivity index (χ2n) is 8.20. The quantitative estimate of drug-likeness (QED) is 0.325. The molecule has 7 heteroatoms. The average molecular weight is 493 g/mol. The summed E-state index contributed by atoms with van der Waals surface area (Å²) >= 11 is 0. The molecule has 0 spiro atoms. The summed E-state index contributed by atoms with van der Waals surface area (Å²) in [5.74, 6) is 2.54. The minimum absolute atomic E-state index is 0. The number of nitrogens with one attached hydrogen (secondary N) is 2. The number of carbonyl (C=O) groups excluding carboxylic acids is 1. The lowest BCUT2D eigenvalue weighted by Crippen LogP contribution is -2.45. The number of guanidine groups is 1. The Labute approximate surface area is 182 Å². The molecule has 0 aromatic rings. The zero-order valence-corrected chi connectivity index (χ0v) is 20.0. The molecule has 0 saturated carbocycles. The molecule has 2 heterocycles. The summed E-state index contributed by atoms with van der Waals surface area (Å²) in [5, 5.41) is 6.91. The molecule has 2 aliphatic rings. The number of carbonyl (C=O) groups is 1. The Kier molecular flexibility index (Phi) is 11.6. The van der Waals surface area contributed by atoms with E-state index in [1.54, 1.807) is 0 Å². The molecule has 158 valence electrons. The Morgan fingerprint density at radius 3 is 2.63 bits per heavy atom. The summed E-state index contributed by atoms with van der Waals surface area (Å²) in [7, 11) is 0. The summed E-state index contributed by atoms with van der Waals surface area (Å²) in [6.45, 7) is 15.6. The molecule has 0 aromatic heterocycles. The molecule has 2 saturated heterocycles. The number of likely N-dealkylation sites (tertiary alicyclic amines) is 2. The topological polar surface area (TPSA) is 60.0 Å². The predicted molar refractivity (Wildman–Crippen MR) is 124 cm³/mol. The molecule has 2 unspecified atom stereocenters. The van der Waals surface area contributed by atoms with Gasteiger partial charge in [-0.3, -0.25) is 9.79 Å². The molecule has 2 aliphatic heterocycles. The standard InChI is InChI=1S/C20H39N5O.HI/c1-5-19(26)25-11-9-18(15-25)23-20(21-6-2)22-12-17-8-7-10-24(14-17)13-16(3)4;/h16-18H,5-15H2,1-4H3,(H2,21,22,23);1H. The molecule has 0 aliphatic carbocycles. The molecule has 1 amide bonds. The van der Waals surface area contributed by atoms with Gasteiger partial charge in [0.1, 0.15) is 0 Å². The third kappa shape index (κ3) is 8.54. The van der Waals surface area contributed by atoms with E-state index in [2.05, 4.69) is 36.3 Å². The Hall–Kier alpha value is -0.570. The van der Waals surface area contributed by atoms with Crippen molar-refractivity contribution in [2.45, 2.75) is 59.4 Å². The van der Waals surface area contributed by atoms with Gasteiger partial charge in [-0.05, 0) is 44.6 Å². The predicted octanol–water partition coefficient (Wildman–Crippen LogP) is 2.54. The summed E-state index contributed by atoms with van der Waals surface area (Å²) in [4.78, 5) is 21.3. The minimum atomic E-state index is 0. The van der Waals surface area contributed by atoms with Gasteiger partial charge in [-0.25, -0.2) is 0 Å². The number of hydrogen-bond acceptors (Lipinski definition) is 3. The van der Waals surface area contributed by atoms with Crippen molar-refractivity contribution in [1.29, 1.82) is 0 Å². The van der Waals surface area contributed by atoms with E-state index in [1.807, 2.05) is 11.8 Å². The number of nitrogens with zero attached hydrogens (tertiary/aromatic N) is 3. The highest BCUT2D eigenvalue weighted by atomic mass is 127. The Morgan fingerprint density at radius 2 is 1.96 bits per heavy atom. The highest BCUT2D eigenvalue weighted by molar-refractivity contribution is 14.0. The number of hydrogen-bond donors (Lipinski definition) is 2. The van der Waals surface area contributed by atoms with E-state index < -0.39 is 0 Å². The van der Waals surface area contributed by atoms with Crippen LogP contribution in [0.2, 0.25) is 0 Å². The SMILES string of the molecule is CCNC(=NCC1CCCN(CC(C)C)C1)NC1CCN(C(=O)CC)C1.I. The van der Waals surface area contributed by atoms with Gasteiger partial charge in [0.2, 0.25) is 5.91 Å². The number of amides is 1. The summed E-state index contributed by atoms with van der Waals surface area (Å²) in [6, 6.07) is 0.312. The number of halogens is 1. The van der Waals surface area contributed by atoms with Crippen molar-refractivity contribution in [3.8, 4) is 0 Å². The van der Waals surface area contributed by atoms with E-state index in [0.717, 1.165) is 44.5 Å². The van der Waals surface area contributed by atoms with Crippen LogP contribution in [0.4, 0.5) is 0 Å². The zero-order chi connectivity index (χ0) is 18.9. The van der Waals surface area contributed by atoms with Crippen molar-refractivity contribution in [2.24, 2.45) is 16.8 Å². The molecule has 0 radical (unpaired) electrons. The van der Waals surface area contributed by atoms with Gasteiger partial charge in [-0.15, -0.1) is 24.0 Å². The van der Waals surface area contributed by atoms with Crippen LogP contribution in [-0.4, -0.2) is 73.5 Å². The van der Waals surface area contributed by atoms with Crippen molar-refractivity contribution in [3.63, 3.8) is 0 Å². The molecular formula is C20H40IN5O. The normalized spacial score (nSPS) is 24.0. The first kappa shape index (κ1) is 24.5. The molecule has 0 aromatic carbocycles. The van der Waals surface area contributed by atoms with Crippen molar-refractivity contribution < 1.29 is 4.79 Å². The summed E-state index contributed by atoms with van der Waals surface area (Å²) in [5.41, 5.74) is 0. The molecule has 0 bridgehead atoms. The smallest absolute Gasteiger partial charge is 0.222 e. The molecule has 2 fully saturated rings. The van der Waals surface area contributed by atoms with Crippen LogP contribution in [0.3, 0.4) is 0 Å². The van der Waals surface area contributed by atoms with Crippen LogP contribution in [0.5, 0.6) is 0 Å². The van der Waals surface area contributed by atoms with Gasteiger partial charge in [0.25, 0.3) is 0 Å². The number of aliphatic imine (C=N–C) groups is 1. The van der Waals surface area contributed by atoms with E-state index in [4.69, 9.17) is 4.99 Å². The maximum atomic E-state index is 11.9.